The van der Waals surface area contributed by atoms with Crippen LogP contribution >= 0.6 is 0 Å². The first kappa shape index (κ1) is 14.1. The van der Waals surface area contributed by atoms with Gasteiger partial charge in [-0.3, -0.25) is 0 Å². The van der Waals surface area contributed by atoms with E-state index in [1.165, 1.54) is 25.7 Å². The van der Waals surface area contributed by atoms with Crippen LogP contribution in [-0.2, 0) is 16.6 Å². The summed E-state index contributed by atoms with van der Waals surface area (Å²) in [6.45, 7) is 1.23. The first-order valence-corrected chi connectivity index (χ1v) is 8.88. The Morgan fingerprint density at radius 1 is 1.35 bits per heavy atom. The van der Waals surface area contributed by atoms with Gasteiger partial charge < -0.3 is 10.3 Å². The van der Waals surface area contributed by atoms with E-state index in [1.807, 2.05) is 7.05 Å². The molecule has 0 saturated heterocycles. The van der Waals surface area contributed by atoms with Crippen LogP contribution in [0.1, 0.15) is 31.4 Å². The smallest absolute Gasteiger partial charge is 0.242 e. The normalized spacial score (nSPS) is 29.1. The third kappa shape index (κ3) is 2.77. The fraction of sp³-hybridized carbons (Fsp3) is 0.714. The van der Waals surface area contributed by atoms with E-state index in [4.69, 9.17) is 0 Å². The maximum absolute atomic E-state index is 12.3. The van der Waals surface area contributed by atoms with Gasteiger partial charge in [-0.1, -0.05) is 6.42 Å². The molecule has 112 valence electrons. The zero-order valence-electron chi connectivity index (χ0n) is 11.9. The lowest BCUT2D eigenvalue weighted by molar-refractivity contribution is 0.333. The molecule has 0 amide bonds. The van der Waals surface area contributed by atoms with Crippen LogP contribution in [0.15, 0.2) is 17.2 Å². The summed E-state index contributed by atoms with van der Waals surface area (Å²) in [5.74, 6) is 2.14. The molecule has 6 heteroatoms. The van der Waals surface area contributed by atoms with Crippen LogP contribution in [0, 0.1) is 17.8 Å². The van der Waals surface area contributed by atoms with E-state index in [2.05, 4.69) is 15.0 Å². The van der Waals surface area contributed by atoms with E-state index in [9.17, 15) is 8.42 Å². The molecule has 2 aliphatic rings. The summed E-state index contributed by atoms with van der Waals surface area (Å²) >= 11 is 0. The molecule has 0 radical (unpaired) electrons. The molecular formula is C14H23N3O2S. The molecule has 3 atom stereocenters. The molecule has 2 aliphatic carbocycles. The minimum Gasteiger partial charge on any atom is -0.363 e. The monoisotopic (exact) mass is 297 g/mol. The standard InChI is InChI=1S/C14H23N3O2S/c1-15-8-13-6-14(9-16-13)20(18,19)17-7-12-5-10-2-3-11(12)4-10/h6,9-12,15-17H,2-5,7-8H2,1H3. The van der Waals surface area contributed by atoms with Gasteiger partial charge in [0.1, 0.15) is 0 Å². The maximum atomic E-state index is 12.3. The van der Waals surface area contributed by atoms with Gasteiger partial charge in [0.2, 0.25) is 10.0 Å². The Labute approximate surface area is 120 Å². The van der Waals surface area contributed by atoms with Crippen LogP contribution in [-0.4, -0.2) is 27.0 Å². The zero-order chi connectivity index (χ0) is 14.2. The molecule has 0 aliphatic heterocycles. The topological polar surface area (TPSA) is 74.0 Å². The number of hydrogen-bond acceptors (Lipinski definition) is 3. The minimum absolute atomic E-state index is 0.339. The van der Waals surface area contributed by atoms with E-state index >= 15 is 0 Å². The van der Waals surface area contributed by atoms with Gasteiger partial charge in [-0.25, -0.2) is 13.1 Å². The number of aromatic amines is 1. The van der Waals surface area contributed by atoms with Crippen LogP contribution in [0.4, 0.5) is 0 Å². The Morgan fingerprint density at radius 2 is 2.20 bits per heavy atom. The lowest BCUT2D eigenvalue weighted by Crippen LogP contribution is -2.31. The van der Waals surface area contributed by atoms with Crippen LogP contribution in [0.2, 0.25) is 0 Å². The van der Waals surface area contributed by atoms with Crippen molar-refractivity contribution in [2.75, 3.05) is 13.6 Å². The van der Waals surface area contributed by atoms with Gasteiger partial charge in [0.15, 0.2) is 0 Å². The number of aromatic nitrogens is 1. The van der Waals surface area contributed by atoms with Crippen molar-refractivity contribution in [2.45, 2.75) is 37.1 Å². The second kappa shape index (κ2) is 5.50. The molecule has 1 aromatic heterocycles. The predicted molar refractivity (Wildman–Crippen MR) is 77.7 cm³/mol. The second-order valence-corrected chi connectivity index (χ2v) is 7.94. The molecule has 2 saturated carbocycles. The lowest BCUT2D eigenvalue weighted by Gasteiger charge is -2.21. The molecule has 1 heterocycles. The lowest BCUT2D eigenvalue weighted by atomic mass is 9.89. The molecule has 3 rings (SSSR count). The fourth-order valence-corrected chi connectivity index (χ4v) is 4.90. The Morgan fingerprint density at radius 3 is 2.85 bits per heavy atom. The summed E-state index contributed by atoms with van der Waals surface area (Å²) in [5, 5.41) is 3.00. The first-order chi connectivity index (χ1) is 9.58. The van der Waals surface area contributed by atoms with Crippen LogP contribution < -0.4 is 10.0 Å². The Balaban J connectivity index is 1.60. The number of nitrogens with one attached hydrogen (secondary N) is 3. The van der Waals surface area contributed by atoms with Crippen molar-refractivity contribution < 1.29 is 8.42 Å². The largest absolute Gasteiger partial charge is 0.363 e. The highest BCUT2D eigenvalue weighted by molar-refractivity contribution is 7.89. The van der Waals surface area contributed by atoms with Gasteiger partial charge >= 0.3 is 0 Å². The summed E-state index contributed by atoms with van der Waals surface area (Å²) in [6, 6.07) is 1.69. The van der Waals surface area contributed by atoms with Crippen molar-refractivity contribution in [3.05, 3.63) is 18.0 Å². The second-order valence-electron chi connectivity index (χ2n) is 6.18. The highest BCUT2D eigenvalue weighted by atomic mass is 32.2. The number of rotatable bonds is 6. The molecule has 0 spiro atoms. The molecule has 0 aromatic carbocycles. The molecule has 2 fully saturated rings. The van der Waals surface area contributed by atoms with Crippen molar-refractivity contribution in [1.82, 2.24) is 15.0 Å². The Bertz CT molecular complexity index is 567. The minimum atomic E-state index is -3.37. The van der Waals surface area contributed by atoms with Crippen molar-refractivity contribution in [1.29, 1.82) is 0 Å². The van der Waals surface area contributed by atoms with Crippen LogP contribution in [0.3, 0.4) is 0 Å². The molecule has 3 N–H and O–H groups in total. The van der Waals surface area contributed by atoms with E-state index in [-0.39, 0.29) is 0 Å². The predicted octanol–water partition coefficient (Wildman–Crippen LogP) is 1.45. The fourth-order valence-electron chi connectivity index (χ4n) is 3.79. The van der Waals surface area contributed by atoms with Gasteiger partial charge in [0.25, 0.3) is 0 Å². The SMILES string of the molecule is CNCc1cc(S(=O)(=O)NCC2CC3CCC2C3)c[nH]1. The third-order valence-electron chi connectivity index (χ3n) is 4.81. The first-order valence-electron chi connectivity index (χ1n) is 7.40. The highest BCUT2D eigenvalue weighted by Crippen LogP contribution is 2.48. The maximum Gasteiger partial charge on any atom is 0.242 e. The number of hydrogen-bond donors (Lipinski definition) is 3. The molecular weight excluding hydrogens is 274 g/mol. The summed E-state index contributed by atoms with van der Waals surface area (Å²) in [7, 11) is -1.54. The Hall–Kier alpha value is -0.850. The van der Waals surface area contributed by atoms with Crippen LogP contribution in [0.5, 0.6) is 0 Å². The van der Waals surface area contributed by atoms with E-state index in [0.717, 1.165) is 17.5 Å². The average molecular weight is 297 g/mol. The zero-order valence-corrected chi connectivity index (χ0v) is 12.7. The number of sulfonamides is 1. The van der Waals surface area contributed by atoms with E-state index < -0.39 is 10.0 Å². The third-order valence-corrected chi connectivity index (χ3v) is 6.22. The number of fused-ring (bicyclic) bond motifs is 2. The van der Waals surface area contributed by atoms with Gasteiger partial charge in [-0.15, -0.1) is 0 Å². The summed E-state index contributed by atoms with van der Waals surface area (Å²) in [4.78, 5) is 3.32. The molecule has 3 unspecified atom stereocenters. The van der Waals surface area contributed by atoms with Crippen LogP contribution in [0.25, 0.3) is 0 Å². The van der Waals surface area contributed by atoms with Gasteiger partial charge in [0.05, 0.1) is 4.90 Å². The van der Waals surface area contributed by atoms with Gasteiger partial charge in [0, 0.05) is 25.0 Å². The van der Waals surface area contributed by atoms with E-state index in [0.29, 0.717) is 23.9 Å². The Kier molecular flexibility index (Phi) is 3.88. The van der Waals surface area contributed by atoms with Crippen molar-refractivity contribution in [3.8, 4) is 0 Å². The molecule has 5 nitrogen and oxygen atoms in total. The number of H-pyrrole nitrogens is 1. The van der Waals surface area contributed by atoms with Crippen molar-refractivity contribution in [3.63, 3.8) is 0 Å². The molecule has 2 bridgehead atoms. The van der Waals surface area contributed by atoms with E-state index in [1.54, 1.807) is 12.3 Å². The summed E-state index contributed by atoms with van der Waals surface area (Å²) in [6.07, 6.45) is 6.70. The molecule has 20 heavy (non-hydrogen) atoms. The quantitative estimate of drug-likeness (QED) is 0.744. The summed E-state index contributed by atoms with van der Waals surface area (Å²) in [5.41, 5.74) is 0.882. The molecule has 1 aromatic rings. The highest BCUT2D eigenvalue weighted by Gasteiger charge is 2.39. The van der Waals surface area contributed by atoms with Gasteiger partial charge in [-0.05, 0) is 50.1 Å². The van der Waals surface area contributed by atoms with Gasteiger partial charge in [-0.2, -0.15) is 0 Å². The average Bonchev–Trinajstić information content (AvgIpc) is 3.12. The van der Waals surface area contributed by atoms with Crippen molar-refractivity contribution >= 4 is 10.0 Å². The van der Waals surface area contributed by atoms with Crippen molar-refractivity contribution in [2.24, 2.45) is 17.8 Å². The summed E-state index contributed by atoms with van der Waals surface area (Å²) < 4.78 is 27.3.